The Hall–Kier alpha value is -0.0800. The number of aliphatic hydroxyl groups excluding tert-OH is 2. The topological polar surface area (TPSA) is 40.5 Å². The Morgan fingerprint density at radius 3 is 2.50 bits per heavy atom. The summed E-state index contributed by atoms with van der Waals surface area (Å²) in [4.78, 5) is 0. The summed E-state index contributed by atoms with van der Waals surface area (Å²) in [6.07, 6.45) is 2.62. The second kappa shape index (κ2) is 3.35. The fourth-order valence-electron chi connectivity index (χ4n) is 1.85. The maximum Gasteiger partial charge on any atom is 0.0571 e. The summed E-state index contributed by atoms with van der Waals surface area (Å²) < 4.78 is 0. The second-order valence-electron chi connectivity index (χ2n) is 3.42. The predicted octanol–water partition coefficient (Wildman–Crippen LogP) is 0.776. The Morgan fingerprint density at radius 1 is 1.40 bits per heavy atom. The van der Waals surface area contributed by atoms with Gasteiger partial charge in [-0.15, -0.1) is 0 Å². The first-order chi connectivity index (χ1) is 4.74. The van der Waals surface area contributed by atoms with Crippen LogP contribution < -0.4 is 0 Å². The fraction of sp³-hybridized carbons (Fsp3) is 1.00. The van der Waals surface area contributed by atoms with Gasteiger partial charge in [-0.1, -0.05) is 6.92 Å². The molecular weight excluding hydrogens is 128 g/mol. The number of hydrogen-bond acceptors (Lipinski definition) is 2. The highest BCUT2D eigenvalue weighted by Gasteiger charge is 2.29. The fourth-order valence-corrected chi connectivity index (χ4v) is 1.85. The van der Waals surface area contributed by atoms with E-state index in [1.54, 1.807) is 0 Å². The zero-order valence-electron chi connectivity index (χ0n) is 6.45. The molecule has 1 rings (SSSR count). The Labute approximate surface area is 61.9 Å². The lowest BCUT2D eigenvalue weighted by Crippen LogP contribution is -2.13. The largest absolute Gasteiger partial charge is 0.396 e. The summed E-state index contributed by atoms with van der Waals surface area (Å²) >= 11 is 0. The van der Waals surface area contributed by atoms with Crippen molar-refractivity contribution in [3.05, 3.63) is 0 Å². The molecule has 0 radical (unpaired) electrons. The van der Waals surface area contributed by atoms with E-state index in [1.165, 1.54) is 0 Å². The summed E-state index contributed by atoms with van der Waals surface area (Å²) in [6, 6.07) is 0. The van der Waals surface area contributed by atoms with Gasteiger partial charge >= 0.3 is 0 Å². The number of aliphatic hydroxyl groups is 2. The first-order valence-electron chi connectivity index (χ1n) is 4.03. The van der Waals surface area contributed by atoms with Gasteiger partial charge in [0.05, 0.1) is 6.10 Å². The van der Waals surface area contributed by atoms with E-state index in [4.69, 9.17) is 5.11 Å². The van der Waals surface area contributed by atoms with E-state index in [2.05, 4.69) is 6.92 Å². The van der Waals surface area contributed by atoms with Crippen molar-refractivity contribution in [3.63, 3.8) is 0 Å². The highest BCUT2D eigenvalue weighted by Crippen LogP contribution is 2.32. The molecule has 1 saturated carbocycles. The van der Waals surface area contributed by atoms with Gasteiger partial charge < -0.3 is 10.2 Å². The Balaban J connectivity index is 2.31. The summed E-state index contributed by atoms with van der Waals surface area (Å²) in [5.74, 6) is 1.01. The van der Waals surface area contributed by atoms with Crippen LogP contribution in [0.4, 0.5) is 0 Å². The van der Waals surface area contributed by atoms with Crippen molar-refractivity contribution < 1.29 is 10.2 Å². The van der Waals surface area contributed by atoms with Gasteiger partial charge in [0.25, 0.3) is 0 Å². The SMILES string of the molecule is C[C@@H]1C[C@@H](CCO)[C@@H](O)C1. The van der Waals surface area contributed by atoms with Crippen LogP contribution in [0.3, 0.4) is 0 Å². The molecule has 2 nitrogen and oxygen atoms in total. The molecule has 0 saturated heterocycles. The lowest BCUT2D eigenvalue weighted by Gasteiger charge is -2.11. The van der Waals surface area contributed by atoms with Crippen molar-refractivity contribution in [1.82, 2.24) is 0 Å². The molecule has 0 aromatic heterocycles. The number of hydrogen-bond donors (Lipinski definition) is 2. The smallest absolute Gasteiger partial charge is 0.0571 e. The van der Waals surface area contributed by atoms with Crippen LogP contribution in [-0.4, -0.2) is 22.9 Å². The van der Waals surface area contributed by atoms with Gasteiger partial charge in [0, 0.05) is 6.61 Å². The van der Waals surface area contributed by atoms with Gasteiger partial charge in [0.15, 0.2) is 0 Å². The zero-order valence-corrected chi connectivity index (χ0v) is 6.45. The molecule has 0 aromatic rings. The average Bonchev–Trinajstić information content (AvgIpc) is 2.13. The Bertz CT molecular complexity index is 103. The van der Waals surface area contributed by atoms with Crippen LogP contribution in [0.15, 0.2) is 0 Å². The maximum absolute atomic E-state index is 9.38. The third-order valence-electron chi connectivity index (χ3n) is 2.39. The minimum Gasteiger partial charge on any atom is -0.396 e. The predicted molar refractivity (Wildman–Crippen MR) is 39.6 cm³/mol. The van der Waals surface area contributed by atoms with Crippen LogP contribution in [0.25, 0.3) is 0 Å². The van der Waals surface area contributed by atoms with Gasteiger partial charge in [-0.3, -0.25) is 0 Å². The lowest BCUT2D eigenvalue weighted by atomic mass is 10.0. The van der Waals surface area contributed by atoms with Crippen molar-refractivity contribution in [2.75, 3.05) is 6.61 Å². The van der Waals surface area contributed by atoms with Crippen molar-refractivity contribution in [1.29, 1.82) is 0 Å². The molecule has 2 N–H and O–H groups in total. The van der Waals surface area contributed by atoms with E-state index in [0.717, 1.165) is 19.3 Å². The van der Waals surface area contributed by atoms with Crippen LogP contribution in [-0.2, 0) is 0 Å². The highest BCUT2D eigenvalue weighted by atomic mass is 16.3. The molecule has 60 valence electrons. The highest BCUT2D eigenvalue weighted by molar-refractivity contribution is 4.80. The summed E-state index contributed by atoms with van der Waals surface area (Å²) in [7, 11) is 0. The molecule has 1 aliphatic carbocycles. The van der Waals surface area contributed by atoms with E-state index < -0.39 is 0 Å². The third-order valence-corrected chi connectivity index (χ3v) is 2.39. The second-order valence-corrected chi connectivity index (χ2v) is 3.42. The van der Waals surface area contributed by atoms with E-state index in [1.807, 2.05) is 0 Å². The first-order valence-corrected chi connectivity index (χ1v) is 4.03. The molecule has 0 amide bonds. The quantitative estimate of drug-likeness (QED) is 0.601. The molecule has 3 atom stereocenters. The molecule has 0 bridgehead atoms. The van der Waals surface area contributed by atoms with Crippen LogP contribution in [0, 0.1) is 11.8 Å². The zero-order chi connectivity index (χ0) is 7.56. The number of rotatable bonds is 2. The molecule has 10 heavy (non-hydrogen) atoms. The molecule has 0 aromatic carbocycles. The lowest BCUT2D eigenvalue weighted by molar-refractivity contribution is 0.113. The molecule has 0 aliphatic heterocycles. The summed E-state index contributed by atoms with van der Waals surface area (Å²) in [5, 5.41) is 18.0. The molecule has 1 fully saturated rings. The standard InChI is InChI=1S/C8H16O2/c1-6-4-7(2-3-9)8(10)5-6/h6-10H,2-5H2,1H3/t6-,7-,8+/m1/s1. The van der Waals surface area contributed by atoms with Gasteiger partial charge in [-0.25, -0.2) is 0 Å². The molecule has 2 heteroatoms. The van der Waals surface area contributed by atoms with Gasteiger partial charge in [0.2, 0.25) is 0 Å². The average molecular weight is 144 g/mol. The molecule has 0 heterocycles. The van der Waals surface area contributed by atoms with E-state index >= 15 is 0 Å². The van der Waals surface area contributed by atoms with Crippen molar-refractivity contribution in [2.45, 2.75) is 32.3 Å². The van der Waals surface area contributed by atoms with Crippen molar-refractivity contribution in [3.8, 4) is 0 Å². The molecule has 1 aliphatic rings. The van der Waals surface area contributed by atoms with Gasteiger partial charge in [0.1, 0.15) is 0 Å². The Morgan fingerprint density at radius 2 is 2.10 bits per heavy atom. The van der Waals surface area contributed by atoms with Crippen LogP contribution >= 0.6 is 0 Å². The van der Waals surface area contributed by atoms with E-state index in [0.29, 0.717) is 11.8 Å². The van der Waals surface area contributed by atoms with Crippen molar-refractivity contribution in [2.24, 2.45) is 11.8 Å². The first kappa shape index (κ1) is 8.02. The maximum atomic E-state index is 9.38. The molecule has 0 unspecified atom stereocenters. The van der Waals surface area contributed by atoms with Gasteiger partial charge in [-0.05, 0) is 31.1 Å². The summed E-state index contributed by atoms with van der Waals surface area (Å²) in [5.41, 5.74) is 0. The van der Waals surface area contributed by atoms with Crippen LogP contribution in [0.5, 0.6) is 0 Å². The van der Waals surface area contributed by atoms with Crippen LogP contribution in [0.1, 0.15) is 26.2 Å². The van der Waals surface area contributed by atoms with Crippen LogP contribution in [0.2, 0.25) is 0 Å². The molecule has 0 spiro atoms. The normalized spacial score (nSPS) is 40.5. The Kier molecular flexibility index (Phi) is 2.69. The molecular formula is C8H16O2. The van der Waals surface area contributed by atoms with E-state index in [9.17, 15) is 5.11 Å². The minimum absolute atomic E-state index is 0.151. The minimum atomic E-state index is -0.151. The third kappa shape index (κ3) is 1.70. The van der Waals surface area contributed by atoms with Crippen molar-refractivity contribution >= 4 is 0 Å². The van der Waals surface area contributed by atoms with Gasteiger partial charge in [-0.2, -0.15) is 0 Å². The summed E-state index contributed by atoms with van der Waals surface area (Å²) in [6.45, 7) is 2.37. The van der Waals surface area contributed by atoms with E-state index in [-0.39, 0.29) is 12.7 Å². The monoisotopic (exact) mass is 144 g/mol.